The molecule has 0 spiro atoms. The Kier molecular flexibility index (Phi) is 7.33. The Balaban J connectivity index is 1.32. The highest BCUT2D eigenvalue weighted by Crippen LogP contribution is 2.28. The van der Waals surface area contributed by atoms with Gasteiger partial charge in [-0.05, 0) is 32.0 Å². The molecule has 0 saturated carbocycles. The Morgan fingerprint density at radius 2 is 1.86 bits per heavy atom. The first kappa shape index (κ1) is 24.8. The number of ether oxygens (including phenoxy) is 1. The molecule has 0 unspecified atom stereocenters. The van der Waals surface area contributed by atoms with Gasteiger partial charge in [0.15, 0.2) is 5.82 Å². The molecule has 192 valence electrons. The maximum atomic E-state index is 12.5. The van der Waals surface area contributed by atoms with E-state index in [9.17, 15) is 8.42 Å². The van der Waals surface area contributed by atoms with Crippen LogP contribution in [0.5, 0.6) is 0 Å². The summed E-state index contributed by atoms with van der Waals surface area (Å²) in [6.45, 7) is 8.82. The smallest absolute Gasteiger partial charge is 0.216 e. The molecule has 0 amide bonds. The van der Waals surface area contributed by atoms with Gasteiger partial charge in [-0.1, -0.05) is 12.1 Å². The highest BCUT2D eigenvalue weighted by Gasteiger charge is 2.29. The molecule has 2 aliphatic heterocycles. The van der Waals surface area contributed by atoms with Gasteiger partial charge < -0.3 is 20.3 Å². The van der Waals surface area contributed by atoms with Crippen molar-refractivity contribution >= 4 is 32.6 Å². The van der Waals surface area contributed by atoms with E-state index in [1.165, 1.54) is 0 Å². The number of nitrogens with zero attached hydrogens (tertiary/aromatic N) is 5. The summed E-state index contributed by atoms with van der Waals surface area (Å²) in [7, 11) is -3.21. The largest absolute Gasteiger partial charge is 0.374 e. The number of benzene rings is 1. The second-order valence-electron chi connectivity index (χ2n) is 9.38. The predicted octanol–water partition coefficient (Wildman–Crippen LogP) is 1.95. The van der Waals surface area contributed by atoms with Gasteiger partial charge in [0.1, 0.15) is 5.52 Å². The minimum Gasteiger partial charge on any atom is -0.374 e. The minimum atomic E-state index is -3.21. The quantitative estimate of drug-likeness (QED) is 0.491. The van der Waals surface area contributed by atoms with Crippen LogP contribution in [0.15, 0.2) is 42.7 Å². The minimum absolute atomic E-state index is 0.0752. The topological polar surface area (TPSA) is 113 Å². The van der Waals surface area contributed by atoms with Crippen molar-refractivity contribution in [3.05, 3.63) is 42.7 Å². The van der Waals surface area contributed by atoms with Crippen LogP contribution in [0.25, 0.3) is 22.3 Å². The van der Waals surface area contributed by atoms with Gasteiger partial charge in [0, 0.05) is 69.5 Å². The van der Waals surface area contributed by atoms with Gasteiger partial charge in [0.2, 0.25) is 10.0 Å². The van der Waals surface area contributed by atoms with E-state index in [0.29, 0.717) is 45.1 Å². The van der Waals surface area contributed by atoms with E-state index in [2.05, 4.69) is 49.8 Å². The van der Waals surface area contributed by atoms with Crippen molar-refractivity contribution in [2.75, 3.05) is 62.6 Å². The lowest BCUT2D eigenvalue weighted by molar-refractivity contribution is 0.0372. The zero-order valence-corrected chi connectivity index (χ0v) is 21.5. The van der Waals surface area contributed by atoms with Gasteiger partial charge in [0.25, 0.3) is 0 Å². The van der Waals surface area contributed by atoms with Crippen LogP contribution in [0.4, 0.5) is 11.5 Å². The second kappa shape index (κ2) is 10.6. The fraction of sp³-hybridized carbons (Fsp3) is 0.480. The molecule has 1 aromatic carbocycles. The molecular weight excluding hydrogens is 478 g/mol. The van der Waals surface area contributed by atoms with Crippen LogP contribution in [0.1, 0.15) is 13.8 Å². The number of fused-ring (bicyclic) bond motifs is 1. The summed E-state index contributed by atoms with van der Waals surface area (Å²) < 4.78 is 32.3. The summed E-state index contributed by atoms with van der Waals surface area (Å²) in [4.78, 5) is 16.1. The number of nitrogens with one attached hydrogen (secondary N) is 2. The zero-order valence-electron chi connectivity index (χ0n) is 20.7. The summed E-state index contributed by atoms with van der Waals surface area (Å²) in [5.41, 5.74) is 4.37. The van der Waals surface area contributed by atoms with Gasteiger partial charge in [-0.25, -0.2) is 18.4 Å². The number of sulfonamides is 1. The Hall–Kier alpha value is -2.86. The van der Waals surface area contributed by atoms with Crippen molar-refractivity contribution in [3.8, 4) is 11.3 Å². The first-order chi connectivity index (χ1) is 17.4. The number of hydrogen-bond acceptors (Lipinski definition) is 9. The average molecular weight is 512 g/mol. The summed E-state index contributed by atoms with van der Waals surface area (Å²) >= 11 is 0. The van der Waals surface area contributed by atoms with Crippen LogP contribution >= 0.6 is 0 Å². The molecule has 3 aromatic rings. The Bertz CT molecular complexity index is 1290. The number of anilines is 2. The Morgan fingerprint density at radius 3 is 2.56 bits per heavy atom. The second-order valence-corrected chi connectivity index (χ2v) is 11.9. The third-order valence-corrected chi connectivity index (χ3v) is 8.96. The Morgan fingerprint density at radius 1 is 1.11 bits per heavy atom. The molecule has 4 heterocycles. The highest BCUT2D eigenvalue weighted by atomic mass is 32.2. The molecule has 2 N–H and O–H groups in total. The van der Waals surface area contributed by atoms with Crippen molar-refractivity contribution in [3.63, 3.8) is 0 Å². The van der Waals surface area contributed by atoms with E-state index in [1.54, 1.807) is 30.5 Å². The van der Waals surface area contributed by atoms with Crippen molar-refractivity contribution < 1.29 is 13.2 Å². The monoisotopic (exact) mass is 511 g/mol. The standard InChI is InChI=1S/C25H33N7O3S/c1-18(2)36(33,34)32-12-10-31(11-13-32)20-5-3-19(4-6-20)22-15-23-24(28-8-7-27-23)25(30-22)29-17-21-16-26-9-14-35-21/h3-8,15,18,21,26H,9-14,16-17H2,1-2H3,(H,29,30)/t21-/m0/s1. The first-order valence-corrected chi connectivity index (χ1v) is 13.9. The maximum absolute atomic E-state index is 12.5. The van der Waals surface area contributed by atoms with E-state index < -0.39 is 15.3 Å². The number of rotatable bonds is 7. The third kappa shape index (κ3) is 5.29. The van der Waals surface area contributed by atoms with E-state index in [1.807, 2.05) is 6.07 Å². The molecule has 0 bridgehead atoms. The van der Waals surface area contributed by atoms with Gasteiger partial charge in [-0.2, -0.15) is 4.31 Å². The lowest BCUT2D eigenvalue weighted by Gasteiger charge is -2.36. The lowest BCUT2D eigenvalue weighted by atomic mass is 10.1. The molecule has 1 atom stereocenters. The fourth-order valence-corrected chi connectivity index (χ4v) is 5.81. The van der Waals surface area contributed by atoms with Crippen molar-refractivity contribution in [2.45, 2.75) is 25.2 Å². The number of aromatic nitrogens is 3. The van der Waals surface area contributed by atoms with Crippen LogP contribution < -0.4 is 15.5 Å². The molecule has 2 aromatic heterocycles. The van der Waals surface area contributed by atoms with Gasteiger partial charge in [-0.15, -0.1) is 0 Å². The molecular formula is C25H33N7O3S. The average Bonchev–Trinajstić information content (AvgIpc) is 2.92. The molecule has 2 saturated heterocycles. The number of hydrogen-bond donors (Lipinski definition) is 2. The highest BCUT2D eigenvalue weighted by molar-refractivity contribution is 7.89. The summed E-state index contributed by atoms with van der Waals surface area (Å²) in [6, 6.07) is 10.2. The zero-order chi connectivity index (χ0) is 25.1. The van der Waals surface area contributed by atoms with Crippen molar-refractivity contribution in [1.82, 2.24) is 24.6 Å². The first-order valence-electron chi connectivity index (χ1n) is 12.4. The Labute approximate surface area is 212 Å². The van der Waals surface area contributed by atoms with Crippen molar-refractivity contribution in [2.24, 2.45) is 0 Å². The van der Waals surface area contributed by atoms with E-state index in [0.717, 1.165) is 41.1 Å². The van der Waals surface area contributed by atoms with E-state index in [4.69, 9.17) is 9.72 Å². The molecule has 36 heavy (non-hydrogen) atoms. The van der Waals surface area contributed by atoms with Crippen LogP contribution in [-0.4, -0.2) is 91.4 Å². The predicted molar refractivity (Wildman–Crippen MR) is 142 cm³/mol. The van der Waals surface area contributed by atoms with Crippen LogP contribution in [0.2, 0.25) is 0 Å². The summed E-state index contributed by atoms with van der Waals surface area (Å²) in [6.07, 6.45) is 3.44. The molecule has 0 aliphatic carbocycles. The van der Waals surface area contributed by atoms with Crippen molar-refractivity contribution in [1.29, 1.82) is 0 Å². The van der Waals surface area contributed by atoms with E-state index in [-0.39, 0.29) is 6.10 Å². The molecule has 2 aliphatic rings. The van der Waals surface area contributed by atoms with E-state index >= 15 is 0 Å². The maximum Gasteiger partial charge on any atom is 0.216 e. The van der Waals surface area contributed by atoms with Gasteiger partial charge in [0.05, 0.1) is 29.2 Å². The molecule has 2 fully saturated rings. The van der Waals surface area contributed by atoms with Crippen LogP contribution in [-0.2, 0) is 14.8 Å². The molecule has 10 nitrogen and oxygen atoms in total. The molecule has 0 radical (unpaired) electrons. The lowest BCUT2D eigenvalue weighted by Crippen LogP contribution is -2.50. The fourth-order valence-electron chi connectivity index (χ4n) is 4.55. The number of pyridine rings is 1. The molecule has 11 heteroatoms. The van der Waals surface area contributed by atoms with Crippen LogP contribution in [0, 0.1) is 0 Å². The normalized spacial score (nSPS) is 19.6. The SMILES string of the molecule is CC(C)S(=O)(=O)N1CCN(c2ccc(-c3cc4nccnc4c(NC[C@@H]4CNCCO4)n3)cc2)CC1. The molecule has 5 rings (SSSR count). The number of piperazine rings is 1. The summed E-state index contributed by atoms with van der Waals surface area (Å²) in [5, 5.41) is 6.36. The third-order valence-electron chi connectivity index (χ3n) is 6.68. The summed E-state index contributed by atoms with van der Waals surface area (Å²) in [5.74, 6) is 0.691. The number of morpholine rings is 1. The van der Waals surface area contributed by atoms with Gasteiger partial charge >= 0.3 is 0 Å². The van der Waals surface area contributed by atoms with Gasteiger partial charge in [-0.3, -0.25) is 4.98 Å². The van der Waals surface area contributed by atoms with Crippen LogP contribution in [0.3, 0.4) is 0 Å².